The van der Waals surface area contributed by atoms with Crippen LogP contribution in [-0.2, 0) is 24.4 Å². The molecule has 2 aromatic rings. The third-order valence-corrected chi connectivity index (χ3v) is 6.52. The number of amides is 2. The molecule has 4 rings (SSSR count). The van der Waals surface area contributed by atoms with E-state index in [2.05, 4.69) is 15.6 Å². The van der Waals surface area contributed by atoms with Crippen LogP contribution < -0.4 is 15.5 Å². The summed E-state index contributed by atoms with van der Waals surface area (Å²) in [6.07, 6.45) is 3.95. The van der Waals surface area contributed by atoms with Gasteiger partial charge in [0.2, 0.25) is 12.3 Å². The van der Waals surface area contributed by atoms with Crippen LogP contribution in [0.5, 0.6) is 0 Å². The molecular weight excluding hydrogens is 410 g/mol. The minimum absolute atomic E-state index is 0.0324. The Morgan fingerprint density at radius 1 is 1.19 bits per heavy atom. The third kappa shape index (κ3) is 4.63. The second-order valence-corrected chi connectivity index (χ2v) is 8.61. The number of aliphatic hydroxyl groups is 2. The molecule has 1 unspecified atom stereocenters. The summed E-state index contributed by atoms with van der Waals surface area (Å²) in [5, 5.41) is 25.2. The molecule has 2 aliphatic rings. The van der Waals surface area contributed by atoms with Crippen LogP contribution in [-0.4, -0.2) is 44.5 Å². The second kappa shape index (κ2) is 9.70. The number of anilines is 1. The fourth-order valence-corrected chi connectivity index (χ4v) is 4.49. The minimum Gasteiger partial charge on any atom is -0.396 e. The predicted molar refractivity (Wildman–Crippen MR) is 118 cm³/mol. The van der Waals surface area contributed by atoms with Gasteiger partial charge in [-0.15, -0.1) is 0 Å². The number of nitrogens with zero attached hydrogens (tertiary/aromatic N) is 3. The highest BCUT2D eigenvalue weighted by Crippen LogP contribution is 2.29. The van der Waals surface area contributed by atoms with Crippen molar-refractivity contribution in [2.75, 3.05) is 11.5 Å². The van der Waals surface area contributed by atoms with E-state index in [4.69, 9.17) is 0 Å². The summed E-state index contributed by atoms with van der Waals surface area (Å²) in [5.74, 6) is 0.584. The Bertz CT molecular complexity index is 950. The van der Waals surface area contributed by atoms with Crippen LogP contribution in [0.1, 0.15) is 54.2 Å². The Balaban J connectivity index is 1.34. The first-order chi connectivity index (χ1) is 15.5. The van der Waals surface area contributed by atoms with Crippen LogP contribution in [0.3, 0.4) is 0 Å². The molecule has 172 valence electrons. The fraction of sp³-hybridized carbons (Fsp3) is 0.522. The van der Waals surface area contributed by atoms with Crippen molar-refractivity contribution < 1.29 is 19.8 Å². The molecule has 9 heteroatoms. The molecule has 32 heavy (non-hydrogen) atoms. The number of carbonyl (C=O) groups is 2. The van der Waals surface area contributed by atoms with E-state index in [1.54, 1.807) is 15.8 Å². The molecule has 1 aliphatic carbocycles. The van der Waals surface area contributed by atoms with Crippen LogP contribution in [0.25, 0.3) is 0 Å². The van der Waals surface area contributed by atoms with Gasteiger partial charge in [-0.05, 0) is 49.7 Å². The van der Waals surface area contributed by atoms with Crippen molar-refractivity contribution in [3.63, 3.8) is 0 Å². The first kappa shape index (κ1) is 22.3. The Kier molecular flexibility index (Phi) is 6.76. The van der Waals surface area contributed by atoms with Gasteiger partial charge in [0.05, 0.1) is 6.33 Å². The molecule has 0 saturated heterocycles. The molecule has 1 aliphatic heterocycles. The largest absolute Gasteiger partial charge is 0.396 e. The first-order valence-corrected chi connectivity index (χ1v) is 11.3. The van der Waals surface area contributed by atoms with Gasteiger partial charge < -0.3 is 30.3 Å². The summed E-state index contributed by atoms with van der Waals surface area (Å²) in [6, 6.07) is 7.82. The quantitative estimate of drug-likeness (QED) is 0.515. The van der Waals surface area contributed by atoms with E-state index in [-0.39, 0.29) is 24.3 Å². The second-order valence-electron chi connectivity index (χ2n) is 8.61. The van der Waals surface area contributed by atoms with Gasteiger partial charge in [0.25, 0.3) is 5.91 Å². The lowest BCUT2D eigenvalue weighted by atomic mass is 9.82. The highest BCUT2D eigenvalue weighted by Gasteiger charge is 2.33. The van der Waals surface area contributed by atoms with Crippen molar-refractivity contribution in [3.8, 4) is 0 Å². The molecule has 4 N–H and O–H groups in total. The van der Waals surface area contributed by atoms with E-state index < -0.39 is 6.35 Å². The van der Waals surface area contributed by atoms with Crippen LogP contribution >= 0.6 is 0 Å². The maximum absolute atomic E-state index is 12.5. The van der Waals surface area contributed by atoms with Gasteiger partial charge in [-0.25, -0.2) is 4.98 Å². The molecule has 0 spiro atoms. The van der Waals surface area contributed by atoms with E-state index >= 15 is 0 Å². The fourth-order valence-electron chi connectivity index (χ4n) is 4.49. The van der Waals surface area contributed by atoms with Gasteiger partial charge >= 0.3 is 0 Å². The molecule has 1 atom stereocenters. The van der Waals surface area contributed by atoms with Crippen LogP contribution in [0, 0.1) is 11.8 Å². The number of hydrogen-bond acceptors (Lipinski definition) is 6. The Morgan fingerprint density at radius 3 is 2.53 bits per heavy atom. The summed E-state index contributed by atoms with van der Waals surface area (Å²) >= 11 is 0. The Morgan fingerprint density at radius 2 is 1.88 bits per heavy atom. The van der Waals surface area contributed by atoms with Gasteiger partial charge in [-0.2, -0.15) is 0 Å². The number of aromatic nitrogens is 2. The highest BCUT2D eigenvalue weighted by atomic mass is 16.3. The summed E-state index contributed by atoms with van der Waals surface area (Å²) < 4.78 is 1.76. The van der Waals surface area contributed by atoms with Crippen molar-refractivity contribution in [1.82, 2.24) is 20.2 Å². The number of hydrogen-bond donors (Lipinski definition) is 4. The number of aliphatic hydroxyl groups excluding tert-OH is 2. The lowest BCUT2D eigenvalue weighted by Gasteiger charge is -2.33. The number of aryl methyl sites for hydroxylation is 1. The highest BCUT2D eigenvalue weighted by molar-refractivity contribution is 5.99. The summed E-state index contributed by atoms with van der Waals surface area (Å²) in [5.41, 5.74) is 2.40. The lowest BCUT2D eigenvalue weighted by Crippen LogP contribution is -2.53. The summed E-state index contributed by atoms with van der Waals surface area (Å²) in [7, 11) is 0. The Hall–Kier alpha value is -2.91. The van der Waals surface area contributed by atoms with Crippen molar-refractivity contribution in [2.45, 2.75) is 58.6 Å². The predicted octanol–water partition coefficient (Wildman–Crippen LogP) is 1.34. The number of rotatable bonds is 7. The standard InChI is InChI=1S/C23H31N5O4/c1-2-27-14-25-20-19(27)22(31)26-23(32)28(20)12-16-5-3-15(4-6-16)11-24-21(30)18-9-7-17(13-29)8-10-18/h3-6,14,17-18,23,29,32H,2,7-13H2,1H3,(H,24,30)(H,26,31). The molecule has 9 nitrogen and oxygen atoms in total. The van der Waals surface area contributed by atoms with Crippen LogP contribution in [0.4, 0.5) is 5.82 Å². The molecule has 1 aromatic carbocycles. The van der Waals surface area contributed by atoms with Crippen molar-refractivity contribution in [2.24, 2.45) is 11.8 Å². The lowest BCUT2D eigenvalue weighted by molar-refractivity contribution is -0.126. The topological polar surface area (TPSA) is 120 Å². The number of nitrogens with one attached hydrogen (secondary N) is 2. The summed E-state index contributed by atoms with van der Waals surface area (Å²) in [4.78, 5) is 30.7. The van der Waals surface area contributed by atoms with E-state index in [1.807, 2.05) is 31.2 Å². The smallest absolute Gasteiger partial charge is 0.275 e. The molecule has 0 radical (unpaired) electrons. The van der Waals surface area contributed by atoms with Gasteiger partial charge in [-0.3, -0.25) is 9.59 Å². The number of imidazole rings is 1. The normalized spacial score (nSPS) is 22.9. The number of fused-ring (bicyclic) bond motifs is 1. The van der Waals surface area contributed by atoms with E-state index in [0.29, 0.717) is 37.1 Å². The maximum Gasteiger partial charge on any atom is 0.275 e. The zero-order chi connectivity index (χ0) is 22.7. The van der Waals surface area contributed by atoms with E-state index in [1.165, 1.54) is 0 Å². The third-order valence-electron chi connectivity index (χ3n) is 6.52. The monoisotopic (exact) mass is 441 g/mol. The molecular formula is C23H31N5O4. The van der Waals surface area contributed by atoms with Gasteiger partial charge in [0.15, 0.2) is 11.5 Å². The summed E-state index contributed by atoms with van der Waals surface area (Å²) in [6.45, 7) is 3.61. The van der Waals surface area contributed by atoms with Crippen molar-refractivity contribution in [3.05, 3.63) is 47.4 Å². The zero-order valence-corrected chi connectivity index (χ0v) is 18.3. The van der Waals surface area contributed by atoms with Crippen LogP contribution in [0.2, 0.25) is 0 Å². The zero-order valence-electron chi connectivity index (χ0n) is 18.3. The average Bonchev–Trinajstić information content (AvgIpc) is 3.26. The van der Waals surface area contributed by atoms with Gasteiger partial charge in [-0.1, -0.05) is 24.3 Å². The van der Waals surface area contributed by atoms with E-state index in [9.17, 15) is 19.8 Å². The molecule has 1 saturated carbocycles. The SMILES string of the molecule is CCn1cnc2c1C(=O)NC(O)N2Cc1ccc(CNC(=O)C2CCC(CO)CC2)cc1. The van der Waals surface area contributed by atoms with Gasteiger partial charge in [0, 0.05) is 32.2 Å². The Labute approximate surface area is 187 Å². The molecule has 2 amide bonds. The van der Waals surface area contributed by atoms with Crippen molar-refractivity contribution >= 4 is 17.6 Å². The number of carbonyl (C=O) groups excluding carboxylic acids is 2. The average molecular weight is 442 g/mol. The molecule has 0 bridgehead atoms. The first-order valence-electron chi connectivity index (χ1n) is 11.3. The molecule has 1 fully saturated rings. The van der Waals surface area contributed by atoms with Crippen molar-refractivity contribution in [1.29, 1.82) is 0 Å². The van der Waals surface area contributed by atoms with Gasteiger partial charge in [0.1, 0.15) is 0 Å². The van der Waals surface area contributed by atoms with E-state index in [0.717, 1.165) is 36.8 Å². The minimum atomic E-state index is -1.14. The number of benzene rings is 1. The van der Waals surface area contributed by atoms with Crippen LogP contribution in [0.15, 0.2) is 30.6 Å². The molecule has 1 aromatic heterocycles. The molecule has 2 heterocycles. The maximum atomic E-state index is 12.5.